The van der Waals surface area contributed by atoms with Crippen LogP contribution in [0.25, 0.3) is 0 Å². The first-order valence-electron chi connectivity index (χ1n) is 10.9. The first-order chi connectivity index (χ1) is 13.2. The third-order valence-electron chi connectivity index (χ3n) is 6.23. The van der Waals surface area contributed by atoms with Crippen molar-refractivity contribution in [3.8, 4) is 0 Å². The lowest BCUT2D eigenvalue weighted by atomic mass is 9.93. The number of aliphatic imine (C=N–C) groups is 1. The van der Waals surface area contributed by atoms with Crippen LogP contribution in [0.5, 0.6) is 0 Å². The van der Waals surface area contributed by atoms with E-state index in [1.165, 1.54) is 38.9 Å². The van der Waals surface area contributed by atoms with Crippen LogP contribution in [0, 0.1) is 11.8 Å². The molecular formula is C21H39IN6. The fourth-order valence-electron chi connectivity index (χ4n) is 4.29. The molecule has 2 atom stereocenters. The molecule has 3 rings (SSSR count). The van der Waals surface area contributed by atoms with E-state index < -0.39 is 0 Å². The van der Waals surface area contributed by atoms with Crippen LogP contribution in [0.2, 0.25) is 0 Å². The summed E-state index contributed by atoms with van der Waals surface area (Å²) in [5, 5.41) is 3.51. The Bertz CT molecular complexity index is 567. The molecule has 2 aliphatic heterocycles. The number of rotatable bonds is 6. The molecular weight excluding hydrogens is 463 g/mol. The number of hydrogen-bond acceptors (Lipinski definition) is 3. The predicted molar refractivity (Wildman–Crippen MR) is 127 cm³/mol. The molecule has 0 bridgehead atoms. The van der Waals surface area contributed by atoms with Crippen molar-refractivity contribution in [3.05, 3.63) is 18.7 Å². The molecule has 28 heavy (non-hydrogen) atoms. The average Bonchev–Trinajstić information content (AvgIpc) is 3.21. The zero-order valence-corrected chi connectivity index (χ0v) is 20.2. The molecule has 0 spiro atoms. The van der Waals surface area contributed by atoms with Crippen molar-refractivity contribution in [3.63, 3.8) is 0 Å². The van der Waals surface area contributed by atoms with Gasteiger partial charge in [0.2, 0.25) is 0 Å². The van der Waals surface area contributed by atoms with E-state index in [1.807, 2.05) is 12.5 Å². The largest absolute Gasteiger partial charge is 0.357 e. The molecule has 6 nitrogen and oxygen atoms in total. The van der Waals surface area contributed by atoms with Crippen LogP contribution in [-0.4, -0.2) is 71.1 Å². The first-order valence-corrected chi connectivity index (χ1v) is 10.9. The van der Waals surface area contributed by atoms with Gasteiger partial charge >= 0.3 is 0 Å². The Morgan fingerprint density at radius 1 is 1.18 bits per heavy atom. The second kappa shape index (κ2) is 12.0. The maximum atomic E-state index is 4.96. The van der Waals surface area contributed by atoms with Crippen molar-refractivity contribution in [2.45, 2.75) is 52.5 Å². The van der Waals surface area contributed by atoms with Gasteiger partial charge in [0.05, 0.1) is 12.4 Å². The smallest absolute Gasteiger partial charge is 0.193 e. The van der Waals surface area contributed by atoms with Crippen molar-refractivity contribution in [1.82, 2.24) is 24.7 Å². The van der Waals surface area contributed by atoms with Gasteiger partial charge in [-0.3, -0.25) is 4.99 Å². The van der Waals surface area contributed by atoms with Crippen LogP contribution < -0.4 is 5.32 Å². The van der Waals surface area contributed by atoms with Crippen LogP contribution in [-0.2, 0) is 0 Å². The highest BCUT2D eigenvalue weighted by atomic mass is 127. The number of imidazole rings is 1. The minimum atomic E-state index is 0. The molecule has 2 unspecified atom stereocenters. The van der Waals surface area contributed by atoms with E-state index in [0.29, 0.717) is 12.0 Å². The Kier molecular flexibility index (Phi) is 10.0. The number of piperidine rings is 2. The molecule has 1 aromatic rings. The van der Waals surface area contributed by atoms with Gasteiger partial charge in [0, 0.05) is 38.6 Å². The van der Waals surface area contributed by atoms with Gasteiger partial charge in [-0.2, -0.15) is 0 Å². The van der Waals surface area contributed by atoms with E-state index >= 15 is 0 Å². The Balaban J connectivity index is 0.00000280. The molecule has 0 saturated carbocycles. The Hall–Kier alpha value is -0.830. The maximum Gasteiger partial charge on any atom is 0.193 e. The number of nitrogens with zero attached hydrogens (tertiary/aromatic N) is 5. The highest BCUT2D eigenvalue weighted by molar-refractivity contribution is 14.0. The maximum absolute atomic E-state index is 4.96. The number of hydrogen-bond donors (Lipinski definition) is 1. The van der Waals surface area contributed by atoms with E-state index in [2.05, 4.69) is 51.6 Å². The minimum absolute atomic E-state index is 0. The summed E-state index contributed by atoms with van der Waals surface area (Å²) in [5.74, 6) is 2.66. The van der Waals surface area contributed by atoms with Crippen LogP contribution in [0.3, 0.4) is 0 Å². The fraction of sp³-hybridized carbons (Fsp3) is 0.810. The Morgan fingerprint density at radius 3 is 2.64 bits per heavy atom. The summed E-state index contributed by atoms with van der Waals surface area (Å²) in [5.41, 5.74) is 0. The van der Waals surface area contributed by atoms with E-state index in [0.717, 1.165) is 44.5 Å². The fourth-order valence-corrected chi connectivity index (χ4v) is 4.29. The summed E-state index contributed by atoms with van der Waals surface area (Å²) < 4.78 is 2.26. The number of aromatic nitrogens is 2. The normalized spacial score (nSPS) is 24.8. The summed E-state index contributed by atoms with van der Waals surface area (Å²) in [4.78, 5) is 14.3. The van der Waals surface area contributed by atoms with Crippen molar-refractivity contribution in [1.29, 1.82) is 0 Å². The van der Waals surface area contributed by atoms with Crippen molar-refractivity contribution in [2.24, 2.45) is 16.8 Å². The standard InChI is InChI=1S/C21H38N6.HI/c1-4-23-21(24-9-5-11-25-12-6-18(2)7-13-25)26-14-8-19(3)20(16-26)27-15-10-22-17-27;/h10,15,17-20H,4-9,11-14,16H2,1-3H3,(H,23,24);1H. The van der Waals surface area contributed by atoms with E-state index in [4.69, 9.17) is 4.99 Å². The average molecular weight is 502 g/mol. The SMILES string of the molecule is CCNC(=NCCCN1CCC(C)CC1)N1CCC(C)C(n2ccnc2)C1.I. The van der Waals surface area contributed by atoms with Crippen LogP contribution >= 0.6 is 24.0 Å². The quantitative estimate of drug-likeness (QED) is 0.280. The number of guanidine groups is 1. The summed E-state index contributed by atoms with van der Waals surface area (Å²) in [6.45, 7) is 14.5. The van der Waals surface area contributed by atoms with Gasteiger partial charge in [0.15, 0.2) is 5.96 Å². The van der Waals surface area contributed by atoms with E-state index in [9.17, 15) is 0 Å². The molecule has 7 heteroatoms. The molecule has 0 radical (unpaired) electrons. The summed E-state index contributed by atoms with van der Waals surface area (Å²) >= 11 is 0. The van der Waals surface area contributed by atoms with Gasteiger partial charge in [-0.05, 0) is 64.1 Å². The minimum Gasteiger partial charge on any atom is -0.357 e. The molecule has 0 amide bonds. The van der Waals surface area contributed by atoms with Crippen LogP contribution in [0.4, 0.5) is 0 Å². The number of nitrogens with one attached hydrogen (secondary N) is 1. The van der Waals surface area contributed by atoms with Gasteiger partial charge in [-0.15, -0.1) is 24.0 Å². The lowest BCUT2D eigenvalue weighted by Gasteiger charge is -2.39. The zero-order valence-electron chi connectivity index (χ0n) is 17.9. The zero-order chi connectivity index (χ0) is 19.1. The lowest BCUT2D eigenvalue weighted by Crippen LogP contribution is -2.49. The predicted octanol–water partition coefficient (Wildman–Crippen LogP) is 3.47. The third kappa shape index (κ3) is 6.61. The molecule has 1 N–H and O–H groups in total. The molecule has 160 valence electrons. The van der Waals surface area contributed by atoms with E-state index in [1.54, 1.807) is 0 Å². The first kappa shape index (κ1) is 23.4. The Morgan fingerprint density at radius 2 is 1.96 bits per heavy atom. The van der Waals surface area contributed by atoms with Gasteiger partial charge in [-0.25, -0.2) is 4.98 Å². The number of likely N-dealkylation sites (tertiary alicyclic amines) is 2. The molecule has 2 aliphatic rings. The highest BCUT2D eigenvalue weighted by Crippen LogP contribution is 2.27. The summed E-state index contributed by atoms with van der Waals surface area (Å²) in [6, 6.07) is 0.473. The van der Waals surface area contributed by atoms with Gasteiger partial charge in [-0.1, -0.05) is 13.8 Å². The van der Waals surface area contributed by atoms with Gasteiger partial charge in [0.25, 0.3) is 0 Å². The molecule has 3 heterocycles. The van der Waals surface area contributed by atoms with Gasteiger partial charge < -0.3 is 19.7 Å². The highest BCUT2D eigenvalue weighted by Gasteiger charge is 2.28. The van der Waals surface area contributed by atoms with Crippen molar-refractivity contribution in [2.75, 3.05) is 45.8 Å². The molecule has 0 aromatic carbocycles. The van der Waals surface area contributed by atoms with Gasteiger partial charge in [0.1, 0.15) is 0 Å². The lowest BCUT2D eigenvalue weighted by molar-refractivity contribution is 0.187. The Labute approximate surface area is 188 Å². The van der Waals surface area contributed by atoms with Crippen molar-refractivity contribution >= 4 is 29.9 Å². The molecule has 2 saturated heterocycles. The van der Waals surface area contributed by atoms with E-state index in [-0.39, 0.29) is 24.0 Å². The summed E-state index contributed by atoms with van der Waals surface area (Å²) in [7, 11) is 0. The van der Waals surface area contributed by atoms with Crippen LogP contribution in [0.1, 0.15) is 52.5 Å². The second-order valence-electron chi connectivity index (χ2n) is 8.40. The molecule has 0 aliphatic carbocycles. The molecule has 1 aromatic heterocycles. The molecule has 2 fully saturated rings. The van der Waals surface area contributed by atoms with Crippen molar-refractivity contribution < 1.29 is 0 Å². The monoisotopic (exact) mass is 502 g/mol. The second-order valence-corrected chi connectivity index (χ2v) is 8.40. The summed E-state index contributed by atoms with van der Waals surface area (Å²) in [6.07, 6.45) is 11.0. The topological polar surface area (TPSA) is 48.7 Å². The third-order valence-corrected chi connectivity index (χ3v) is 6.23. The van der Waals surface area contributed by atoms with Crippen LogP contribution in [0.15, 0.2) is 23.7 Å². The number of halogens is 1.